The van der Waals surface area contributed by atoms with Gasteiger partial charge < -0.3 is 4.74 Å². The van der Waals surface area contributed by atoms with Crippen LogP contribution in [0, 0.1) is 6.92 Å². The minimum atomic E-state index is -0.317. The summed E-state index contributed by atoms with van der Waals surface area (Å²) in [5.74, 6) is 0.754. The zero-order valence-electron chi connectivity index (χ0n) is 7.99. The zero-order valence-corrected chi connectivity index (χ0v) is 7.99. The molecule has 13 heavy (non-hydrogen) atoms. The van der Waals surface area contributed by atoms with Crippen LogP contribution in [-0.4, -0.2) is 12.4 Å². The smallest absolute Gasteiger partial charge is 0.160 e. The summed E-state index contributed by atoms with van der Waals surface area (Å²) in [7, 11) is 0. The standard InChI is InChI=1S/C11H14O2/c1-3-10(8-12)13-11-6-4-9(2)5-7-11/h4-8,10H,3H2,1-2H3. The minimum Gasteiger partial charge on any atom is -0.483 e. The summed E-state index contributed by atoms with van der Waals surface area (Å²) in [6, 6.07) is 7.68. The summed E-state index contributed by atoms with van der Waals surface area (Å²) < 4.78 is 5.40. The summed E-state index contributed by atoms with van der Waals surface area (Å²) >= 11 is 0. The molecule has 0 saturated carbocycles. The molecule has 1 rings (SSSR count). The van der Waals surface area contributed by atoms with Crippen LogP contribution in [0.4, 0.5) is 0 Å². The number of aryl methyl sites for hydroxylation is 1. The largest absolute Gasteiger partial charge is 0.483 e. The number of rotatable bonds is 4. The lowest BCUT2D eigenvalue weighted by Gasteiger charge is -2.10. The number of carbonyl (C=O) groups excluding carboxylic acids is 1. The van der Waals surface area contributed by atoms with Gasteiger partial charge in [0.25, 0.3) is 0 Å². The van der Waals surface area contributed by atoms with E-state index < -0.39 is 0 Å². The van der Waals surface area contributed by atoms with Gasteiger partial charge in [0.1, 0.15) is 5.75 Å². The van der Waals surface area contributed by atoms with Gasteiger partial charge in [0.2, 0.25) is 0 Å². The predicted octanol–water partition coefficient (Wildman–Crippen LogP) is 2.35. The summed E-state index contributed by atoms with van der Waals surface area (Å²) in [6.45, 7) is 3.94. The van der Waals surface area contributed by atoms with Gasteiger partial charge in [-0.2, -0.15) is 0 Å². The van der Waals surface area contributed by atoms with Crippen molar-refractivity contribution in [3.8, 4) is 5.75 Å². The van der Waals surface area contributed by atoms with E-state index in [9.17, 15) is 4.79 Å². The number of ether oxygens (including phenoxy) is 1. The van der Waals surface area contributed by atoms with Crippen LogP contribution in [0.5, 0.6) is 5.75 Å². The highest BCUT2D eigenvalue weighted by Crippen LogP contribution is 2.13. The molecule has 0 aliphatic carbocycles. The molecule has 2 nitrogen and oxygen atoms in total. The van der Waals surface area contributed by atoms with Crippen molar-refractivity contribution in [3.05, 3.63) is 29.8 Å². The van der Waals surface area contributed by atoms with Gasteiger partial charge in [-0.05, 0) is 25.5 Å². The lowest BCUT2D eigenvalue weighted by atomic mass is 10.2. The molecule has 0 aliphatic rings. The van der Waals surface area contributed by atoms with Gasteiger partial charge in [0.05, 0.1) is 0 Å². The van der Waals surface area contributed by atoms with Crippen LogP contribution in [0.3, 0.4) is 0 Å². The van der Waals surface area contributed by atoms with E-state index in [0.717, 1.165) is 12.0 Å². The average Bonchev–Trinajstić information content (AvgIpc) is 2.17. The molecule has 1 unspecified atom stereocenters. The molecule has 0 N–H and O–H groups in total. The first-order chi connectivity index (χ1) is 6.26. The number of hydrogen-bond acceptors (Lipinski definition) is 2. The second-order valence-corrected chi connectivity index (χ2v) is 3.01. The van der Waals surface area contributed by atoms with Crippen LogP contribution in [0.15, 0.2) is 24.3 Å². The highest BCUT2D eigenvalue weighted by atomic mass is 16.5. The van der Waals surface area contributed by atoms with Crippen LogP contribution in [0.25, 0.3) is 0 Å². The first-order valence-electron chi connectivity index (χ1n) is 4.45. The fourth-order valence-electron chi connectivity index (χ4n) is 0.999. The fraction of sp³-hybridized carbons (Fsp3) is 0.364. The van der Waals surface area contributed by atoms with Crippen molar-refractivity contribution in [3.63, 3.8) is 0 Å². The Balaban J connectivity index is 2.63. The third-order valence-electron chi connectivity index (χ3n) is 1.86. The Morgan fingerprint density at radius 1 is 1.38 bits per heavy atom. The Kier molecular flexibility index (Phi) is 3.50. The van der Waals surface area contributed by atoms with Crippen LogP contribution < -0.4 is 4.74 Å². The molecule has 0 bridgehead atoms. The van der Waals surface area contributed by atoms with Crippen LogP contribution >= 0.6 is 0 Å². The third-order valence-corrected chi connectivity index (χ3v) is 1.86. The molecule has 0 heterocycles. The van der Waals surface area contributed by atoms with E-state index in [2.05, 4.69) is 0 Å². The van der Waals surface area contributed by atoms with Gasteiger partial charge in [0.15, 0.2) is 12.4 Å². The molecule has 0 spiro atoms. The van der Waals surface area contributed by atoms with Crippen molar-refractivity contribution in [2.75, 3.05) is 0 Å². The van der Waals surface area contributed by atoms with Gasteiger partial charge >= 0.3 is 0 Å². The Morgan fingerprint density at radius 3 is 2.46 bits per heavy atom. The van der Waals surface area contributed by atoms with E-state index in [0.29, 0.717) is 6.42 Å². The summed E-state index contributed by atoms with van der Waals surface area (Å²) in [5, 5.41) is 0. The molecule has 1 aromatic carbocycles. The van der Waals surface area contributed by atoms with E-state index >= 15 is 0 Å². The van der Waals surface area contributed by atoms with Crippen molar-refractivity contribution in [1.29, 1.82) is 0 Å². The van der Waals surface area contributed by atoms with E-state index in [1.165, 1.54) is 5.56 Å². The second-order valence-electron chi connectivity index (χ2n) is 3.01. The van der Waals surface area contributed by atoms with Gasteiger partial charge in [-0.3, -0.25) is 4.79 Å². The van der Waals surface area contributed by atoms with Crippen molar-refractivity contribution in [2.45, 2.75) is 26.4 Å². The van der Waals surface area contributed by atoms with E-state index in [4.69, 9.17) is 4.74 Å². The average molecular weight is 178 g/mol. The SMILES string of the molecule is CCC(C=O)Oc1ccc(C)cc1. The Bertz CT molecular complexity index is 264. The molecule has 70 valence electrons. The molecule has 1 atom stereocenters. The molecule has 0 aliphatic heterocycles. The number of benzene rings is 1. The molecule has 0 amide bonds. The van der Waals surface area contributed by atoms with Crippen molar-refractivity contribution < 1.29 is 9.53 Å². The predicted molar refractivity (Wildman–Crippen MR) is 52.0 cm³/mol. The third kappa shape index (κ3) is 2.90. The van der Waals surface area contributed by atoms with E-state index in [1.807, 2.05) is 38.1 Å². The van der Waals surface area contributed by atoms with Gasteiger partial charge in [-0.1, -0.05) is 24.6 Å². The highest BCUT2D eigenvalue weighted by molar-refractivity contribution is 5.56. The number of hydrogen-bond donors (Lipinski definition) is 0. The maximum absolute atomic E-state index is 10.5. The zero-order chi connectivity index (χ0) is 9.68. The molecule has 0 aromatic heterocycles. The van der Waals surface area contributed by atoms with Crippen molar-refractivity contribution in [1.82, 2.24) is 0 Å². The van der Waals surface area contributed by atoms with E-state index in [1.54, 1.807) is 0 Å². The van der Waals surface area contributed by atoms with Gasteiger partial charge in [-0.15, -0.1) is 0 Å². The topological polar surface area (TPSA) is 26.3 Å². The van der Waals surface area contributed by atoms with Crippen LogP contribution in [-0.2, 0) is 4.79 Å². The number of aldehydes is 1. The van der Waals surface area contributed by atoms with Crippen molar-refractivity contribution in [2.24, 2.45) is 0 Å². The highest BCUT2D eigenvalue weighted by Gasteiger charge is 2.04. The molecule has 0 saturated heterocycles. The second kappa shape index (κ2) is 4.65. The molecular formula is C11H14O2. The number of carbonyl (C=O) groups is 1. The first-order valence-corrected chi connectivity index (χ1v) is 4.45. The quantitative estimate of drug-likeness (QED) is 0.661. The van der Waals surface area contributed by atoms with E-state index in [-0.39, 0.29) is 6.10 Å². The Labute approximate surface area is 78.5 Å². The lowest BCUT2D eigenvalue weighted by molar-refractivity contribution is -0.113. The molecule has 2 heteroatoms. The molecule has 0 radical (unpaired) electrons. The molecule has 1 aromatic rings. The lowest BCUT2D eigenvalue weighted by Crippen LogP contribution is -2.16. The summed E-state index contributed by atoms with van der Waals surface area (Å²) in [5.41, 5.74) is 1.19. The Morgan fingerprint density at radius 2 is 2.00 bits per heavy atom. The monoisotopic (exact) mass is 178 g/mol. The molecule has 0 fully saturated rings. The Hall–Kier alpha value is -1.31. The summed E-state index contributed by atoms with van der Waals surface area (Å²) in [6.07, 6.45) is 1.22. The van der Waals surface area contributed by atoms with Crippen LogP contribution in [0.2, 0.25) is 0 Å². The molecular weight excluding hydrogens is 164 g/mol. The maximum Gasteiger partial charge on any atom is 0.160 e. The normalized spacial score (nSPS) is 12.2. The first kappa shape index (κ1) is 9.78. The van der Waals surface area contributed by atoms with Gasteiger partial charge in [-0.25, -0.2) is 0 Å². The maximum atomic E-state index is 10.5. The fourth-order valence-corrected chi connectivity index (χ4v) is 0.999. The van der Waals surface area contributed by atoms with Gasteiger partial charge in [0, 0.05) is 0 Å². The van der Waals surface area contributed by atoms with Crippen molar-refractivity contribution >= 4 is 6.29 Å². The van der Waals surface area contributed by atoms with Crippen LogP contribution in [0.1, 0.15) is 18.9 Å². The summed E-state index contributed by atoms with van der Waals surface area (Å²) in [4.78, 5) is 10.5. The minimum absolute atomic E-state index is 0.317.